The zero-order chi connectivity index (χ0) is 55.2. The van der Waals surface area contributed by atoms with Crippen molar-refractivity contribution in [2.24, 2.45) is 18.2 Å². The minimum absolute atomic E-state index is 0.0146. The summed E-state index contributed by atoms with van der Waals surface area (Å²) in [7, 11) is 1.75. The van der Waals surface area contributed by atoms with E-state index in [1.807, 2.05) is 22.8 Å². The number of nitrogens with zero attached hydrogens (tertiary/aromatic N) is 9. The normalized spacial score (nSPS) is 25.0. The second-order valence-electron chi connectivity index (χ2n) is 24.2. The first-order valence-corrected chi connectivity index (χ1v) is 29.1. The van der Waals surface area contributed by atoms with Crippen LogP contribution in [0.3, 0.4) is 0 Å². The summed E-state index contributed by atoms with van der Waals surface area (Å²) in [5.74, 6) is -1.10. The molecular formula is C60H71F2N11O7. The molecule has 6 saturated heterocycles. The lowest BCUT2D eigenvalue weighted by Crippen LogP contribution is -2.56. The highest BCUT2D eigenvalue weighted by molar-refractivity contribution is 6.02. The van der Waals surface area contributed by atoms with Gasteiger partial charge in [0.1, 0.15) is 47.9 Å². The number of nitrogens with two attached hydrogens (primary N) is 1. The van der Waals surface area contributed by atoms with E-state index >= 15 is 8.78 Å². The fraction of sp³-hybridized carbons (Fsp3) is 0.550. The van der Waals surface area contributed by atoms with E-state index < -0.39 is 23.6 Å². The molecule has 1 saturated carbocycles. The lowest BCUT2D eigenvalue weighted by atomic mass is 9.59. The number of pyridine rings is 1. The third-order valence-corrected chi connectivity index (χ3v) is 19.6. The first kappa shape index (κ1) is 52.6. The number of anilines is 1. The van der Waals surface area contributed by atoms with Gasteiger partial charge in [0.05, 0.1) is 22.0 Å². The van der Waals surface area contributed by atoms with E-state index in [1.54, 1.807) is 34.5 Å². The molecule has 7 aliphatic rings. The lowest BCUT2D eigenvalue weighted by molar-refractivity contribution is -0.135. The number of amides is 3. The van der Waals surface area contributed by atoms with Crippen molar-refractivity contribution >= 4 is 56.4 Å². The molecule has 422 valence electrons. The Kier molecular flexibility index (Phi) is 13.6. The average Bonchev–Trinajstić information content (AvgIpc) is 4.14. The number of aromatic nitrogens is 5. The van der Waals surface area contributed by atoms with Crippen LogP contribution in [0.4, 0.5) is 19.4 Å². The Morgan fingerprint density at radius 2 is 1.71 bits per heavy atom. The SMILES string of the molecule is CCc1c(F)ccc2cc(O)cc(-c3ncc4c(N5CCC[C@H](N)C5)nc(OC[C@@]56CCCN5[C@H](COC(=O)N5CCC7(CC5)CC(N5CCC(c8ccc9c(c8)n(C)c(=O)n9C8CCC(=O)NC8=O)CC5)C7)CC6)nc4c3F)c12. The molecule has 13 rings (SSSR count). The molecule has 1 aliphatic carbocycles. The van der Waals surface area contributed by atoms with Crippen molar-refractivity contribution < 1.29 is 37.7 Å². The summed E-state index contributed by atoms with van der Waals surface area (Å²) in [6.07, 6.45) is 13.7. The van der Waals surface area contributed by atoms with E-state index in [0.29, 0.717) is 90.6 Å². The van der Waals surface area contributed by atoms with Gasteiger partial charge >= 0.3 is 17.8 Å². The predicted octanol–water partition coefficient (Wildman–Crippen LogP) is 7.59. The molecule has 9 heterocycles. The molecule has 3 aromatic heterocycles. The van der Waals surface area contributed by atoms with Crippen molar-refractivity contribution in [3.05, 3.63) is 81.9 Å². The highest BCUT2D eigenvalue weighted by Gasteiger charge is 2.52. The number of hydrogen-bond donors (Lipinski definition) is 3. The molecular weight excluding hydrogens is 1020 g/mol. The van der Waals surface area contributed by atoms with Crippen LogP contribution in [0.15, 0.2) is 53.5 Å². The molecule has 0 radical (unpaired) electrons. The van der Waals surface area contributed by atoms with Gasteiger partial charge in [-0.2, -0.15) is 9.97 Å². The maximum atomic E-state index is 17.2. The topological polar surface area (TPSA) is 207 Å². The summed E-state index contributed by atoms with van der Waals surface area (Å²) in [5.41, 5.74) is 9.48. The highest BCUT2D eigenvalue weighted by Crippen LogP contribution is 2.52. The molecule has 3 aromatic carbocycles. The number of ether oxygens (including phenoxy) is 2. The van der Waals surface area contributed by atoms with Gasteiger partial charge in [-0.05, 0) is 173 Å². The van der Waals surface area contributed by atoms with E-state index in [2.05, 4.69) is 32.2 Å². The predicted molar refractivity (Wildman–Crippen MR) is 298 cm³/mol. The number of fused-ring (bicyclic) bond motifs is 4. The fourth-order valence-electron chi connectivity index (χ4n) is 15.2. The molecule has 3 amide bonds. The van der Waals surface area contributed by atoms with Gasteiger partial charge in [0, 0.05) is 69.5 Å². The molecule has 18 nitrogen and oxygen atoms in total. The second kappa shape index (κ2) is 20.6. The molecule has 20 heteroatoms. The molecule has 1 unspecified atom stereocenters. The number of nitrogens with one attached hydrogen (secondary N) is 1. The van der Waals surface area contributed by atoms with Crippen LogP contribution < -0.4 is 26.4 Å². The number of halogens is 2. The van der Waals surface area contributed by atoms with Crippen LogP contribution >= 0.6 is 0 Å². The summed E-state index contributed by atoms with van der Waals surface area (Å²) in [5, 5.41) is 14.6. The maximum Gasteiger partial charge on any atom is 0.409 e. The van der Waals surface area contributed by atoms with E-state index in [9.17, 15) is 24.3 Å². The van der Waals surface area contributed by atoms with Crippen molar-refractivity contribution in [2.45, 2.75) is 139 Å². The van der Waals surface area contributed by atoms with Crippen molar-refractivity contribution in [1.82, 2.24) is 44.1 Å². The van der Waals surface area contributed by atoms with Crippen LogP contribution in [-0.2, 0) is 27.8 Å². The van der Waals surface area contributed by atoms with Crippen molar-refractivity contribution in [2.75, 3.05) is 63.9 Å². The van der Waals surface area contributed by atoms with Gasteiger partial charge in [-0.15, -0.1) is 0 Å². The van der Waals surface area contributed by atoms with Gasteiger partial charge in [0.15, 0.2) is 5.82 Å². The Morgan fingerprint density at radius 3 is 2.49 bits per heavy atom. The molecule has 0 bridgehead atoms. The van der Waals surface area contributed by atoms with Crippen LogP contribution in [0.25, 0.3) is 44.0 Å². The number of aromatic hydroxyl groups is 1. The Hall–Kier alpha value is -6.77. The quantitative estimate of drug-likeness (QED) is 0.107. The molecule has 6 aliphatic heterocycles. The van der Waals surface area contributed by atoms with E-state index in [4.69, 9.17) is 25.2 Å². The zero-order valence-electron chi connectivity index (χ0n) is 45.7. The molecule has 1 spiro atoms. The largest absolute Gasteiger partial charge is 0.508 e. The molecule has 4 atom stereocenters. The highest BCUT2D eigenvalue weighted by atomic mass is 19.1. The van der Waals surface area contributed by atoms with Crippen LogP contribution in [0.1, 0.15) is 120 Å². The smallest absolute Gasteiger partial charge is 0.409 e. The summed E-state index contributed by atoms with van der Waals surface area (Å²) in [6, 6.07) is 11.9. The Balaban J connectivity index is 0.619. The van der Waals surface area contributed by atoms with Gasteiger partial charge in [-0.3, -0.25) is 33.9 Å². The number of hydrogen-bond acceptors (Lipinski definition) is 14. The summed E-state index contributed by atoms with van der Waals surface area (Å²) in [4.78, 5) is 74.8. The van der Waals surface area contributed by atoms with Gasteiger partial charge in [0.2, 0.25) is 11.8 Å². The number of imide groups is 1. The van der Waals surface area contributed by atoms with Crippen LogP contribution in [0, 0.1) is 17.0 Å². The Bertz CT molecular complexity index is 3510. The van der Waals surface area contributed by atoms with Crippen LogP contribution in [0.2, 0.25) is 0 Å². The third kappa shape index (κ3) is 9.22. The van der Waals surface area contributed by atoms with Gasteiger partial charge in [0.25, 0.3) is 0 Å². The van der Waals surface area contributed by atoms with Crippen molar-refractivity contribution in [3.8, 4) is 23.0 Å². The minimum Gasteiger partial charge on any atom is -0.508 e. The molecule has 6 aromatic rings. The minimum atomic E-state index is -0.723. The zero-order valence-corrected chi connectivity index (χ0v) is 45.7. The number of rotatable bonds is 11. The number of phenolic OH excluding ortho intramolecular Hbond substituents is 1. The fourth-order valence-corrected chi connectivity index (χ4v) is 15.2. The third-order valence-electron chi connectivity index (χ3n) is 19.6. The molecule has 4 N–H and O–H groups in total. The maximum absolute atomic E-state index is 17.2. The molecule has 7 fully saturated rings. The van der Waals surface area contributed by atoms with E-state index in [0.717, 1.165) is 102 Å². The number of carbonyl (C=O) groups excluding carboxylic acids is 3. The van der Waals surface area contributed by atoms with Crippen molar-refractivity contribution in [1.29, 1.82) is 0 Å². The lowest BCUT2D eigenvalue weighted by Gasteiger charge is -2.56. The number of likely N-dealkylation sites (tertiary alicyclic amines) is 2. The summed E-state index contributed by atoms with van der Waals surface area (Å²) in [6.45, 7) is 7.83. The first-order valence-electron chi connectivity index (χ1n) is 29.1. The van der Waals surface area contributed by atoms with Crippen LogP contribution in [-0.4, -0.2) is 144 Å². The van der Waals surface area contributed by atoms with E-state index in [-0.39, 0.29) is 82.3 Å². The number of phenols is 1. The number of piperidine rings is 4. The number of aryl methyl sites for hydroxylation is 2. The molecule has 80 heavy (non-hydrogen) atoms. The van der Waals surface area contributed by atoms with Gasteiger partial charge in [-0.1, -0.05) is 19.1 Å². The van der Waals surface area contributed by atoms with E-state index in [1.165, 1.54) is 17.7 Å². The Morgan fingerprint density at radius 1 is 0.900 bits per heavy atom. The summed E-state index contributed by atoms with van der Waals surface area (Å²) >= 11 is 0. The number of carbonyl (C=O) groups is 3. The number of imidazole rings is 1. The first-order chi connectivity index (χ1) is 38.7. The Labute approximate surface area is 462 Å². The monoisotopic (exact) mass is 1100 g/mol. The second-order valence-corrected chi connectivity index (χ2v) is 24.2. The number of benzene rings is 3. The van der Waals surface area contributed by atoms with Gasteiger partial charge in [-0.25, -0.2) is 18.4 Å². The van der Waals surface area contributed by atoms with Crippen LogP contribution in [0.5, 0.6) is 11.8 Å². The van der Waals surface area contributed by atoms with Crippen molar-refractivity contribution in [3.63, 3.8) is 0 Å². The standard InChI is InChI=1S/C60H71F2N11O7/c1-3-42-45(61)9-7-37-26-41(74)28-43(50(37)42)52-51(62)53-44(31-64-52)54(71-20-4-6-38(63)32-71)67-56(66-53)80-34-60-16-5-21-72(60)39(13-17-60)33-79-58(78)70-24-18-59(19-25-70)29-40(30-59)69-22-14-35(15-23-69)36-8-10-46-48(27-36)68(2)57(77)73(46)47-11-12-49(75)65-55(47)76/h7-10,26-28,31,35,38-40,47,74H,3-6,11-25,29-30,32-34,63H2,1-2H3,(H,65,75,76)/t38-,39-,47?,60-/m0/s1. The van der Waals surface area contributed by atoms with Gasteiger partial charge < -0.3 is 35.0 Å². The summed E-state index contributed by atoms with van der Waals surface area (Å²) < 4.78 is 48.3. The average molecular weight is 1100 g/mol.